The van der Waals surface area contributed by atoms with E-state index in [1.165, 1.54) is 16.7 Å². The number of pyridine rings is 1. The summed E-state index contributed by atoms with van der Waals surface area (Å²) in [7, 11) is 0. The Morgan fingerprint density at radius 3 is 2.84 bits per heavy atom. The van der Waals surface area contributed by atoms with Crippen LogP contribution in [-0.4, -0.2) is 16.4 Å². The Hall–Kier alpha value is -2.18. The quantitative estimate of drug-likeness (QED) is 0.821. The summed E-state index contributed by atoms with van der Waals surface area (Å²) in [6, 6.07) is 12.7. The first-order chi connectivity index (χ1) is 9.36. The molecule has 3 rings (SSSR count). The van der Waals surface area contributed by atoms with Crippen molar-refractivity contribution >= 4 is 0 Å². The lowest BCUT2D eigenvalue weighted by molar-refractivity contribution is 0.245. The standard InChI is InChI=1S/C16H15N3/c17-8-14-9-18-10-15-12-19(7-6-16(14)15)11-13-4-2-1-3-5-13/h1-5,9-10H,6-7,11-12H2. The Labute approximate surface area is 113 Å². The molecule has 0 bridgehead atoms. The first-order valence-corrected chi connectivity index (χ1v) is 6.49. The van der Waals surface area contributed by atoms with Crippen LogP contribution in [0.2, 0.25) is 0 Å². The molecule has 1 aliphatic heterocycles. The van der Waals surface area contributed by atoms with Crippen LogP contribution in [0.4, 0.5) is 0 Å². The molecule has 0 saturated carbocycles. The van der Waals surface area contributed by atoms with Gasteiger partial charge in [-0.3, -0.25) is 9.88 Å². The second kappa shape index (κ2) is 5.21. The van der Waals surface area contributed by atoms with E-state index in [4.69, 9.17) is 5.26 Å². The first kappa shape index (κ1) is 11.9. The van der Waals surface area contributed by atoms with Crippen LogP contribution in [-0.2, 0) is 19.5 Å². The molecule has 2 heterocycles. The second-order valence-corrected chi connectivity index (χ2v) is 4.88. The Kier molecular flexibility index (Phi) is 3.26. The number of nitriles is 1. The molecule has 19 heavy (non-hydrogen) atoms. The Morgan fingerprint density at radius 2 is 2.05 bits per heavy atom. The van der Waals surface area contributed by atoms with Crippen LogP contribution in [0.3, 0.4) is 0 Å². The van der Waals surface area contributed by atoms with E-state index in [1.807, 2.05) is 12.3 Å². The van der Waals surface area contributed by atoms with Crippen LogP contribution >= 0.6 is 0 Å². The largest absolute Gasteiger partial charge is 0.294 e. The number of benzene rings is 1. The molecule has 1 aromatic carbocycles. The molecule has 0 amide bonds. The highest BCUT2D eigenvalue weighted by Gasteiger charge is 2.19. The minimum Gasteiger partial charge on any atom is -0.294 e. The molecule has 0 N–H and O–H groups in total. The zero-order chi connectivity index (χ0) is 13.1. The number of aromatic nitrogens is 1. The third-order valence-electron chi connectivity index (χ3n) is 3.59. The van der Waals surface area contributed by atoms with Gasteiger partial charge in [0.1, 0.15) is 6.07 Å². The minimum atomic E-state index is 0.733. The van der Waals surface area contributed by atoms with Crippen LogP contribution in [0.25, 0.3) is 0 Å². The Bertz CT molecular complexity index is 614. The van der Waals surface area contributed by atoms with E-state index >= 15 is 0 Å². The molecule has 0 fully saturated rings. The zero-order valence-electron chi connectivity index (χ0n) is 10.7. The van der Waals surface area contributed by atoms with Gasteiger partial charge in [-0.25, -0.2) is 0 Å². The van der Waals surface area contributed by atoms with Crippen molar-refractivity contribution in [3.63, 3.8) is 0 Å². The van der Waals surface area contributed by atoms with Gasteiger partial charge in [0.25, 0.3) is 0 Å². The highest BCUT2D eigenvalue weighted by Crippen LogP contribution is 2.22. The maximum Gasteiger partial charge on any atom is 0.101 e. The third kappa shape index (κ3) is 2.49. The number of fused-ring (bicyclic) bond motifs is 1. The zero-order valence-corrected chi connectivity index (χ0v) is 10.7. The molecular weight excluding hydrogens is 234 g/mol. The lowest BCUT2D eigenvalue weighted by Gasteiger charge is -2.28. The topological polar surface area (TPSA) is 39.9 Å². The molecule has 0 spiro atoms. The van der Waals surface area contributed by atoms with Crippen molar-refractivity contribution in [2.75, 3.05) is 6.54 Å². The van der Waals surface area contributed by atoms with E-state index in [0.29, 0.717) is 0 Å². The average molecular weight is 249 g/mol. The van der Waals surface area contributed by atoms with Crippen molar-refractivity contribution in [3.05, 3.63) is 65.0 Å². The van der Waals surface area contributed by atoms with Gasteiger partial charge in [0.05, 0.1) is 5.56 Å². The minimum absolute atomic E-state index is 0.733. The van der Waals surface area contributed by atoms with Gasteiger partial charge in [0.2, 0.25) is 0 Å². The fourth-order valence-electron chi connectivity index (χ4n) is 2.62. The molecule has 0 saturated heterocycles. The first-order valence-electron chi connectivity index (χ1n) is 6.49. The molecule has 0 atom stereocenters. The molecule has 2 aromatic rings. The summed E-state index contributed by atoms with van der Waals surface area (Å²) in [5.74, 6) is 0. The predicted molar refractivity (Wildman–Crippen MR) is 73.2 cm³/mol. The smallest absolute Gasteiger partial charge is 0.101 e. The lowest BCUT2D eigenvalue weighted by atomic mass is 9.97. The van der Waals surface area contributed by atoms with Gasteiger partial charge >= 0.3 is 0 Å². The monoisotopic (exact) mass is 249 g/mol. The second-order valence-electron chi connectivity index (χ2n) is 4.88. The van der Waals surface area contributed by atoms with Crippen molar-refractivity contribution < 1.29 is 0 Å². The van der Waals surface area contributed by atoms with Gasteiger partial charge < -0.3 is 0 Å². The maximum absolute atomic E-state index is 9.09. The molecule has 94 valence electrons. The van der Waals surface area contributed by atoms with Crippen molar-refractivity contribution in [1.82, 2.24) is 9.88 Å². The molecule has 1 aromatic heterocycles. The molecule has 0 radical (unpaired) electrons. The molecule has 3 heteroatoms. The highest BCUT2D eigenvalue weighted by molar-refractivity contribution is 5.41. The summed E-state index contributed by atoms with van der Waals surface area (Å²) in [6.07, 6.45) is 4.51. The van der Waals surface area contributed by atoms with E-state index in [2.05, 4.69) is 40.2 Å². The van der Waals surface area contributed by atoms with E-state index < -0.39 is 0 Å². The Morgan fingerprint density at radius 1 is 1.21 bits per heavy atom. The average Bonchev–Trinajstić information content (AvgIpc) is 2.47. The van der Waals surface area contributed by atoms with E-state index in [0.717, 1.165) is 31.6 Å². The number of hydrogen-bond acceptors (Lipinski definition) is 3. The van der Waals surface area contributed by atoms with E-state index in [9.17, 15) is 0 Å². The van der Waals surface area contributed by atoms with Crippen LogP contribution in [0.5, 0.6) is 0 Å². The van der Waals surface area contributed by atoms with Crippen LogP contribution in [0.15, 0.2) is 42.7 Å². The van der Waals surface area contributed by atoms with Crippen molar-refractivity contribution in [2.24, 2.45) is 0 Å². The summed E-state index contributed by atoms with van der Waals surface area (Å²) >= 11 is 0. The summed E-state index contributed by atoms with van der Waals surface area (Å²) < 4.78 is 0. The number of hydrogen-bond donors (Lipinski definition) is 0. The fraction of sp³-hybridized carbons (Fsp3) is 0.250. The number of rotatable bonds is 2. The van der Waals surface area contributed by atoms with Gasteiger partial charge in [-0.2, -0.15) is 5.26 Å². The molecule has 1 aliphatic rings. The SMILES string of the molecule is N#Cc1cncc2c1CCN(Cc1ccccc1)C2. The molecule has 0 unspecified atom stereocenters. The van der Waals surface area contributed by atoms with Crippen LogP contribution in [0.1, 0.15) is 22.3 Å². The van der Waals surface area contributed by atoms with Gasteiger partial charge in [-0.1, -0.05) is 30.3 Å². The molecule has 0 aliphatic carbocycles. The summed E-state index contributed by atoms with van der Waals surface area (Å²) in [6.45, 7) is 2.84. The summed E-state index contributed by atoms with van der Waals surface area (Å²) in [4.78, 5) is 6.56. The third-order valence-corrected chi connectivity index (χ3v) is 3.59. The van der Waals surface area contributed by atoms with Gasteiger partial charge in [-0.15, -0.1) is 0 Å². The van der Waals surface area contributed by atoms with E-state index in [1.54, 1.807) is 6.20 Å². The van der Waals surface area contributed by atoms with Crippen molar-refractivity contribution in [3.8, 4) is 6.07 Å². The van der Waals surface area contributed by atoms with Gasteiger partial charge in [0.15, 0.2) is 0 Å². The van der Waals surface area contributed by atoms with Crippen LogP contribution < -0.4 is 0 Å². The molecular formula is C16H15N3. The Balaban J connectivity index is 1.78. The van der Waals surface area contributed by atoms with E-state index in [-0.39, 0.29) is 0 Å². The molecule has 3 nitrogen and oxygen atoms in total. The summed E-state index contributed by atoms with van der Waals surface area (Å²) in [5, 5.41) is 9.09. The van der Waals surface area contributed by atoms with Crippen molar-refractivity contribution in [2.45, 2.75) is 19.5 Å². The van der Waals surface area contributed by atoms with Gasteiger partial charge in [0, 0.05) is 32.0 Å². The maximum atomic E-state index is 9.09. The lowest BCUT2D eigenvalue weighted by Crippen LogP contribution is -2.30. The highest BCUT2D eigenvalue weighted by atomic mass is 15.1. The summed E-state index contributed by atoms with van der Waals surface area (Å²) in [5.41, 5.74) is 4.44. The fourth-order valence-corrected chi connectivity index (χ4v) is 2.62. The van der Waals surface area contributed by atoms with Crippen LogP contribution in [0, 0.1) is 11.3 Å². The number of nitrogens with zero attached hydrogens (tertiary/aromatic N) is 3. The van der Waals surface area contributed by atoms with Crippen molar-refractivity contribution in [1.29, 1.82) is 5.26 Å². The predicted octanol–water partition coefficient (Wildman–Crippen LogP) is 2.51. The van der Waals surface area contributed by atoms with Gasteiger partial charge in [-0.05, 0) is 23.1 Å². The normalized spacial score (nSPS) is 14.7.